The highest BCUT2D eigenvalue weighted by atomic mass is 32.2. The Kier molecular flexibility index (Phi) is 5.52. The molecule has 0 aliphatic carbocycles. The van der Waals surface area contributed by atoms with E-state index in [2.05, 4.69) is 15.6 Å². The number of aromatic nitrogens is 1. The fourth-order valence-electron chi connectivity index (χ4n) is 2.14. The Morgan fingerprint density at radius 3 is 2.81 bits per heavy atom. The number of thiazole rings is 1. The second-order valence-corrected chi connectivity index (χ2v) is 7.18. The van der Waals surface area contributed by atoms with Crippen molar-refractivity contribution in [2.24, 2.45) is 0 Å². The molecule has 2 aromatic heterocycles. The predicted molar refractivity (Wildman–Crippen MR) is 97.9 cm³/mol. The van der Waals surface area contributed by atoms with E-state index < -0.39 is 11.7 Å². The van der Waals surface area contributed by atoms with Crippen molar-refractivity contribution >= 4 is 55.9 Å². The van der Waals surface area contributed by atoms with Gasteiger partial charge in [0, 0.05) is 12.6 Å². The molecule has 0 aliphatic rings. The Hall–Kier alpha value is -2.46. The molecule has 26 heavy (non-hydrogen) atoms. The van der Waals surface area contributed by atoms with Crippen molar-refractivity contribution < 1.29 is 22.8 Å². The van der Waals surface area contributed by atoms with E-state index in [9.17, 15) is 18.4 Å². The fraction of sp³-hybridized carbons (Fsp3) is 0.188. The first-order valence-electron chi connectivity index (χ1n) is 7.39. The summed E-state index contributed by atoms with van der Waals surface area (Å²) in [5, 5.41) is 5.66. The van der Waals surface area contributed by atoms with Crippen molar-refractivity contribution in [2.45, 2.75) is 18.4 Å². The van der Waals surface area contributed by atoms with Crippen LogP contribution in [0, 0.1) is 0 Å². The summed E-state index contributed by atoms with van der Waals surface area (Å²) in [6.07, 6.45) is 0. The van der Waals surface area contributed by atoms with Gasteiger partial charge in [-0.3, -0.25) is 14.9 Å². The molecular weight excluding hydrogens is 384 g/mol. The van der Waals surface area contributed by atoms with E-state index in [0.717, 1.165) is 4.70 Å². The Morgan fingerprint density at radius 2 is 2.08 bits per heavy atom. The average Bonchev–Trinajstić information content (AvgIpc) is 3.18. The number of thioether (sulfide) groups is 1. The van der Waals surface area contributed by atoms with Gasteiger partial charge in [-0.15, -0.1) is 0 Å². The molecule has 2 amide bonds. The molecule has 0 radical (unpaired) electrons. The summed E-state index contributed by atoms with van der Waals surface area (Å²) < 4.78 is 30.4. The van der Waals surface area contributed by atoms with Gasteiger partial charge >= 0.3 is 0 Å². The number of amides is 2. The lowest BCUT2D eigenvalue weighted by Gasteiger charge is -1.99. The van der Waals surface area contributed by atoms with Gasteiger partial charge in [0.15, 0.2) is 10.9 Å². The lowest BCUT2D eigenvalue weighted by atomic mass is 10.3. The van der Waals surface area contributed by atoms with Crippen LogP contribution in [0.3, 0.4) is 0 Å². The molecule has 136 valence electrons. The Bertz CT molecular complexity index is 955. The number of anilines is 2. The van der Waals surface area contributed by atoms with Crippen LogP contribution in [0.4, 0.5) is 19.6 Å². The number of hydrogen-bond donors (Lipinski definition) is 2. The first-order valence-corrected chi connectivity index (χ1v) is 9.25. The van der Waals surface area contributed by atoms with Crippen molar-refractivity contribution in [3.05, 3.63) is 41.9 Å². The number of fused-ring (bicyclic) bond motifs is 1. The summed E-state index contributed by atoms with van der Waals surface area (Å²) in [5.74, 6) is -2.89. The van der Waals surface area contributed by atoms with Crippen LogP contribution in [0.15, 0.2) is 34.7 Å². The first kappa shape index (κ1) is 18.3. The van der Waals surface area contributed by atoms with Gasteiger partial charge in [-0.2, -0.15) is 8.78 Å². The summed E-state index contributed by atoms with van der Waals surface area (Å²) in [6, 6.07) is 8.13. The van der Waals surface area contributed by atoms with Gasteiger partial charge in [-0.05, 0) is 30.3 Å². The minimum Gasteiger partial charge on any atom is -0.455 e. The number of hydrogen-bond acceptors (Lipinski definition) is 6. The summed E-state index contributed by atoms with van der Waals surface area (Å²) in [7, 11) is 0. The monoisotopic (exact) mass is 397 g/mol. The van der Waals surface area contributed by atoms with E-state index in [1.54, 1.807) is 18.2 Å². The third-order valence-electron chi connectivity index (χ3n) is 3.17. The highest BCUT2D eigenvalue weighted by molar-refractivity contribution is 7.98. The molecule has 1 aromatic carbocycles. The number of carbonyl (C=O) groups is 2. The van der Waals surface area contributed by atoms with Crippen LogP contribution in [0.2, 0.25) is 0 Å². The highest BCUT2D eigenvalue weighted by Gasteiger charge is 2.15. The van der Waals surface area contributed by atoms with E-state index in [-0.39, 0.29) is 17.4 Å². The minimum atomic E-state index is -2.50. The van der Waals surface area contributed by atoms with Crippen LogP contribution >= 0.6 is 23.1 Å². The number of benzene rings is 1. The molecule has 6 nitrogen and oxygen atoms in total. The lowest BCUT2D eigenvalue weighted by Crippen LogP contribution is -2.10. The van der Waals surface area contributed by atoms with Gasteiger partial charge in [0.2, 0.25) is 5.91 Å². The Morgan fingerprint density at radius 1 is 1.27 bits per heavy atom. The molecule has 0 saturated heterocycles. The van der Waals surface area contributed by atoms with Crippen molar-refractivity contribution in [3.8, 4) is 0 Å². The normalized spacial score (nSPS) is 11.1. The van der Waals surface area contributed by atoms with Crippen molar-refractivity contribution in [1.29, 1.82) is 0 Å². The number of carbonyl (C=O) groups excluding carboxylic acids is 2. The van der Waals surface area contributed by atoms with Crippen LogP contribution in [0.25, 0.3) is 10.2 Å². The summed E-state index contributed by atoms with van der Waals surface area (Å²) in [5.41, 5.74) is 1.31. The highest BCUT2D eigenvalue weighted by Crippen LogP contribution is 2.29. The van der Waals surface area contributed by atoms with E-state index >= 15 is 0 Å². The quantitative estimate of drug-likeness (QED) is 0.637. The van der Waals surface area contributed by atoms with Crippen molar-refractivity contribution in [1.82, 2.24) is 4.98 Å². The van der Waals surface area contributed by atoms with Gasteiger partial charge in [-0.25, -0.2) is 4.98 Å². The molecule has 0 atom stereocenters. The number of nitrogens with zero attached hydrogens (tertiary/aromatic N) is 1. The molecule has 0 unspecified atom stereocenters. The molecule has 10 heteroatoms. The molecule has 2 N–H and O–H groups in total. The molecule has 0 saturated carbocycles. The lowest BCUT2D eigenvalue weighted by molar-refractivity contribution is -0.114. The SMILES string of the molecule is CC(=O)Nc1ccc2nc(NC(=O)c3ccc(CSC(F)F)o3)sc2c1. The van der Waals surface area contributed by atoms with Crippen LogP contribution < -0.4 is 10.6 Å². The topological polar surface area (TPSA) is 84.2 Å². The van der Waals surface area contributed by atoms with E-state index in [1.165, 1.54) is 30.4 Å². The maximum Gasteiger partial charge on any atom is 0.293 e. The van der Waals surface area contributed by atoms with Crippen molar-refractivity contribution in [2.75, 3.05) is 10.6 Å². The van der Waals surface area contributed by atoms with Crippen LogP contribution in [-0.4, -0.2) is 22.6 Å². The standard InChI is InChI=1S/C16H13F2N3O3S2/c1-8(22)19-9-2-4-11-13(6-9)26-16(20-11)21-14(23)12-5-3-10(24-12)7-25-15(17)18/h2-6,15H,7H2,1H3,(H,19,22)(H,20,21,23). The molecule has 0 aliphatic heterocycles. The van der Waals surface area contributed by atoms with E-state index in [0.29, 0.717) is 33.9 Å². The fourth-order valence-corrected chi connectivity index (χ4v) is 3.49. The van der Waals surface area contributed by atoms with E-state index in [1.807, 2.05) is 0 Å². The Labute approximate surface area is 155 Å². The maximum absolute atomic E-state index is 12.2. The zero-order valence-electron chi connectivity index (χ0n) is 13.4. The minimum absolute atomic E-state index is 0.0159. The molecule has 3 aromatic rings. The van der Waals surface area contributed by atoms with Crippen molar-refractivity contribution in [3.63, 3.8) is 0 Å². The number of rotatable bonds is 6. The van der Waals surface area contributed by atoms with Gasteiger partial charge < -0.3 is 9.73 Å². The second-order valence-electron chi connectivity index (χ2n) is 5.17. The maximum atomic E-state index is 12.2. The van der Waals surface area contributed by atoms with Gasteiger partial charge in [0.05, 0.1) is 16.0 Å². The van der Waals surface area contributed by atoms with Gasteiger partial charge in [-0.1, -0.05) is 23.1 Å². The summed E-state index contributed by atoms with van der Waals surface area (Å²) >= 11 is 1.67. The number of halogens is 2. The van der Waals surface area contributed by atoms with Crippen LogP contribution in [0.5, 0.6) is 0 Å². The van der Waals surface area contributed by atoms with Gasteiger partial charge in [0.25, 0.3) is 11.7 Å². The van der Waals surface area contributed by atoms with Crippen LogP contribution in [-0.2, 0) is 10.5 Å². The molecule has 0 fully saturated rings. The van der Waals surface area contributed by atoms with Gasteiger partial charge in [0.1, 0.15) is 5.76 Å². The van der Waals surface area contributed by atoms with E-state index in [4.69, 9.17) is 4.42 Å². The number of nitrogens with one attached hydrogen (secondary N) is 2. The molecule has 2 heterocycles. The Balaban J connectivity index is 1.70. The zero-order valence-corrected chi connectivity index (χ0v) is 15.0. The third kappa shape index (κ3) is 4.58. The third-order valence-corrected chi connectivity index (χ3v) is 4.80. The molecule has 0 spiro atoms. The predicted octanol–water partition coefficient (Wildman–Crippen LogP) is 4.56. The molecule has 3 rings (SSSR count). The largest absolute Gasteiger partial charge is 0.455 e. The number of alkyl halides is 2. The smallest absolute Gasteiger partial charge is 0.293 e. The van der Waals surface area contributed by atoms with Crippen LogP contribution in [0.1, 0.15) is 23.2 Å². The first-order chi connectivity index (χ1) is 12.4. The zero-order chi connectivity index (χ0) is 18.7. The number of furan rings is 1. The molecular formula is C16H13F2N3O3S2. The molecule has 0 bridgehead atoms. The summed E-state index contributed by atoms with van der Waals surface area (Å²) in [4.78, 5) is 27.6. The average molecular weight is 397 g/mol. The second kappa shape index (κ2) is 7.83. The summed E-state index contributed by atoms with van der Waals surface area (Å²) in [6.45, 7) is 1.42.